The number of halogens is 2. The van der Waals surface area contributed by atoms with E-state index in [-0.39, 0.29) is 35.4 Å². The van der Waals surface area contributed by atoms with Gasteiger partial charge in [0, 0.05) is 18.4 Å². The van der Waals surface area contributed by atoms with E-state index in [2.05, 4.69) is 15.3 Å². The van der Waals surface area contributed by atoms with E-state index < -0.39 is 6.04 Å². The Labute approximate surface area is 178 Å². The number of hydrogen-bond donors (Lipinski definition) is 2. The molecule has 1 aliphatic carbocycles. The highest BCUT2D eigenvalue weighted by Crippen LogP contribution is 2.34. The number of aromatic nitrogens is 2. The summed E-state index contributed by atoms with van der Waals surface area (Å²) in [4.78, 5) is 32.2. The van der Waals surface area contributed by atoms with Crippen LogP contribution in [0.1, 0.15) is 53.9 Å². The number of hydrogen-bond acceptors (Lipinski definition) is 3. The van der Waals surface area contributed by atoms with E-state index in [4.69, 9.17) is 0 Å². The first-order valence-corrected chi connectivity index (χ1v) is 10.4. The molecule has 2 N–H and O–H groups in total. The number of carbonyl (C=O) groups is 1. The molecule has 0 saturated heterocycles. The Morgan fingerprint density at radius 2 is 1.71 bits per heavy atom. The maximum absolute atomic E-state index is 13.4. The molecule has 1 saturated carbocycles. The third-order valence-electron chi connectivity index (χ3n) is 5.60. The van der Waals surface area contributed by atoms with Crippen molar-refractivity contribution in [1.29, 1.82) is 0 Å². The fourth-order valence-corrected chi connectivity index (χ4v) is 3.70. The number of aromatic amines is 1. The van der Waals surface area contributed by atoms with Gasteiger partial charge >= 0.3 is 0 Å². The maximum Gasteiger partial charge on any atom is 0.251 e. The molecule has 7 heteroatoms. The lowest BCUT2D eigenvalue weighted by Gasteiger charge is -2.25. The van der Waals surface area contributed by atoms with Crippen LogP contribution >= 0.6 is 0 Å². The van der Waals surface area contributed by atoms with Crippen LogP contribution in [0.3, 0.4) is 0 Å². The summed E-state index contributed by atoms with van der Waals surface area (Å²) in [5.74, 6) is -0.0445. The second kappa shape index (κ2) is 9.20. The normalized spacial score (nSPS) is 14.6. The van der Waals surface area contributed by atoms with E-state index in [1.165, 1.54) is 30.3 Å². The van der Waals surface area contributed by atoms with Crippen molar-refractivity contribution >= 4 is 5.91 Å². The van der Waals surface area contributed by atoms with Gasteiger partial charge in [0.25, 0.3) is 5.56 Å². The van der Waals surface area contributed by atoms with Crippen molar-refractivity contribution in [3.05, 3.63) is 99.2 Å². The van der Waals surface area contributed by atoms with Gasteiger partial charge in [-0.05, 0) is 48.2 Å². The third-order valence-corrected chi connectivity index (χ3v) is 5.60. The molecule has 0 bridgehead atoms. The number of nitrogens with zero attached hydrogens (tertiary/aromatic N) is 1. The largest absolute Gasteiger partial charge is 0.349 e. The Hall–Kier alpha value is -3.35. The molecule has 4 rings (SSSR count). The van der Waals surface area contributed by atoms with Crippen LogP contribution in [0.15, 0.2) is 59.4 Å². The molecule has 0 radical (unpaired) electrons. The van der Waals surface area contributed by atoms with E-state index >= 15 is 0 Å². The molecule has 0 unspecified atom stereocenters. The Morgan fingerprint density at radius 3 is 2.32 bits per heavy atom. The Kier molecular flexibility index (Phi) is 6.21. The van der Waals surface area contributed by atoms with Crippen LogP contribution in [-0.4, -0.2) is 15.9 Å². The molecule has 3 aromatic rings. The molecule has 31 heavy (non-hydrogen) atoms. The Morgan fingerprint density at radius 1 is 1.06 bits per heavy atom. The Bertz CT molecular complexity index is 1110. The van der Waals surface area contributed by atoms with Crippen molar-refractivity contribution in [2.24, 2.45) is 0 Å². The minimum Gasteiger partial charge on any atom is -0.349 e. The summed E-state index contributed by atoms with van der Waals surface area (Å²) >= 11 is 0. The zero-order valence-electron chi connectivity index (χ0n) is 16.9. The summed E-state index contributed by atoms with van der Waals surface area (Å²) in [5.41, 5.74) is 1.74. The summed E-state index contributed by atoms with van der Waals surface area (Å²) < 4.78 is 26.5. The molecule has 1 aromatic heterocycles. The van der Waals surface area contributed by atoms with Gasteiger partial charge in [0.05, 0.1) is 18.2 Å². The van der Waals surface area contributed by atoms with Gasteiger partial charge in [0.1, 0.15) is 17.5 Å². The summed E-state index contributed by atoms with van der Waals surface area (Å²) in [6.45, 7) is 0. The highest BCUT2D eigenvalue weighted by molar-refractivity contribution is 5.79. The SMILES string of the molecule is O=C(Cc1ccc(F)cc1)N[C@H](Cc1cc(=O)[nH]c(C2CCC2)n1)c1ccc(F)cc1. The van der Waals surface area contributed by atoms with Gasteiger partial charge in [-0.25, -0.2) is 13.8 Å². The van der Waals surface area contributed by atoms with Crippen LogP contribution in [0.25, 0.3) is 0 Å². The fourth-order valence-electron chi connectivity index (χ4n) is 3.70. The van der Waals surface area contributed by atoms with Crippen molar-refractivity contribution in [2.75, 3.05) is 0 Å². The first kappa shape index (κ1) is 20.9. The molecule has 1 amide bonds. The summed E-state index contributed by atoms with van der Waals surface area (Å²) in [6.07, 6.45) is 3.50. The van der Waals surface area contributed by atoms with Crippen molar-refractivity contribution in [1.82, 2.24) is 15.3 Å². The zero-order valence-corrected chi connectivity index (χ0v) is 16.9. The van der Waals surface area contributed by atoms with Crippen LogP contribution in [-0.2, 0) is 17.6 Å². The van der Waals surface area contributed by atoms with Crippen LogP contribution in [0, 0.1) is 11.6 Å². The molecule has 5 nitrogen and oxygen atoms in total. The lowest BCUT2D eigenvalue weighted by Crippen LogP contribution is -2.32. The monoisotopic (exact) mass is 423 g/mol. The predicted molar refractivity (Wildman–Crippen MR) is 113 cm³/mol. The molecule has 160 valence electrons. The highest BCUT2D eigenvalue weighted by Gasteiger charge is 2.23. The topological polar surface area (TPSA) is 74.8 Å². The molecule has 1 fully saturated rings. The number of amides is 1. The number of H-pyrrole nitrogens is 1. The zero-order chi connectivity index (χ0) is 21.8. The maximum atomic E-state index is 13.4. The van der Waals surface area contributed by atoms with Crippen LogP contribution < -0.4 is 10.9 Å². The van der Waals surface area contributed by atoms with Gasteiger partial charge < -0.3 is 10.3 Å². The quantitative estimate of drug-likeness (QED) is 0.604. The minimum atomic E-state index is -0.489. The molecule has 0 aliphatic heterocycles. The number of carbonyl (C=O) groups excluding carboxylic acids is 1. The molecule has 2 aromatic carbocycles. The number of benzene rings is 2. The standard InChI is InChI=1S/C24H23F2N3O2/c25-18-8-4-15(5-9-18)12-22(30)28-21(16-6-10-19(26)11-7-16)13-20-14-23(31)29-24(27-20)17-2-1-3-17/h4-11,14,17,21H,1-3,12-13H2,(H,28,30)(H,27,29,31)/t21-/m1/s1. The molecular formula is C24H23F2N3O2. The highest BCUT2D eigenvalue weighted by atomic mass is 19.1. The van der Waals surface area contributed by atoms with Crippen LogP contribution in [0.2, 0.25) is 0 Å². The van der Waals surface area contributed by atoms with Crippen molar-refractivity contribution < 1.29 is 13.6 Å². The second-order valence-electron chi connectivity index (χ2n) is 7.93. The summed E-state index contributed by atoms with van der Waals surface area (Å²) in [7, 11) is 0. The summed E-state index contributed by atoms with van der Waals surface area (Å²) in [6, 6.07) is 12.6. The van der Waals surface area contributed by atoms with E-state index in [1.807, 2.05) is 0 Å². The Balaban J connectivity index is 1.55. The molecule has 1 aliphatic rings. The van der Waals surface area contributed by atoms with E-state index in [0.717, 1.165) is 19.3 Å². The number of nitrogens with one attached hydrogen (secondary N) is 2. The van der Waals surface area contributed by atoms with Gasteiger partial charge in [-0.3, -0.25) is 9.59 Å². The number of rotatable bonds is 7. The lowest BCUT2D eigenvalue weighted by molar-refractivity contribution is -0.121. The molecule has 0 spiro atoms. The van der Waals surface area contributed by atoms with Gasteiger partial charge in [-0.2, -0.15) is 0 Å². The average Bonchev–Trinajstić information content (AvgIpc) is 2.68. The van der Waals surface area contributed by atoms with Crippen LogP contribution in [0.4, 0.5) is 8.78 Å². The second-order valence-corrected chi connectivity index (χ2v) is 7.93. The van der Waals surface area contributed by atoms with Crippen molar-refractivity contribution in [3.8, 4) is 0 Å². The van der Waals surface area contributed by atoms with E-state index in [0.29, 0.717) is 29.1 Å². The fraction of sp³-hybridized carbons (Fsp3) is 0.292. The van der Waals surface area contributed by atoms with Gasteiger partial charge in [0.2, 0.25) is 5.91 Å². The minimum absolute atomic E-state index is 0.0775. The summed E-state index contributed by atoms with van der Waals surface area (Å²) in [5, 5.41) is 2.95. The predicted octanol–water partition coefficient (Wildman–Crippen LogP) is 3.96. The van der Waals surface area contributed by atoms with E-state index in [1.54, 1.807) is 24.3 Å². The molecule has 1 atom stereocenters. The first-order chi connectivity index (χ1) is 15.0. The van der Waals surface area contributed by atoms with Crippen LogP contribution in [0.5, 0.6) is 0 Å². The molecule has 1 heterocycles. The van der Waals surface area contributed by atoms with Crippen molar-refractivity contribution in [2.45, 2.75) is 44.1 Å². The van der Waals surface area contributed by atoms with Crippen molar-refractivity contribution in [3.63, 3.8) is 0 Å². The first-order valence-electron chi connectivity index (χ1n) is 10.4. The van der Waals surface area contributed by atoms with Gasteiger partial charge in [0.15, 0.2) is 0 Å². The lowest BCUT2D eigenvalue weighted by atomic mass is 9.85. The third kappa shape index (κ3) is 5.42. The molecular weight excluding hydrogens is 400 g/mol. The average molecular weight is 423 g/mol. The van der Waals surface area contributed by atoms with Gasteiger partial charge in [-0.1, -0.05) is 30.7 Å². The van der Waals surface area contributed by atoms with E-state index in [9.17, 15) is 18.4 Å². The smallest absolute Gasteiger partial charge is 0.251 e. The van der Waals surface area contributed by atoms with Gasteiger partial charge in [-0.15, -0.1) is 0 Å².